The van der Waals surface area contributed by atoms with E-state index < -0.39 is 0 Å². The summed E-state index contributed by atoms with van der Waals surface area (Å²) >= 11 is 0. The predicted octanol–water partition coefficient (Wildman–Crippen LogP) is 3.00. The standard InChI is InChI=1S/C19H26N2O2/c1-3-21-17(22)6-4-11-19(21)12-5-13-20(14-19)18(23)16-9-7-15(2)8-10-16/h7-10H,3-6,11-14H2,1-2H3/t19-/m1/s1. The summed E-state index contributed by atoms with van der Waals surface area (Å²) < 4.78 is 0. The quantitative estimate of drug-likeness (QED) is 0.842. The first-order valence-corrected chi connectivity index (χ1v) is 8.72. The van der Waals surface area contributed by atoms with Crippen LogP contribution >= 0.6 is 0 Å². The van der Waals surface area contributed by atoms with Crippen LogP contribution in [-0.4, -0.2) is 46.8 Å². The molecule has 0 aliphatic carbocycles. The molecule has 0 N–H and O–H groups in total. The third kappa shape index (κ3) is 2.99. The first-order chi connectivity index (χ1) is 11.1. The van der Waals surface area contributed by atoms with Crippen LogP contribution in [0.4, 0.5) is 0 Å². The average Bonchev–Trinajstić information content (AvgIpc) is 2.55. The Labute approximate surface area is 138 Å². The van der Waals surface area contributed by atoms with E-state index in [-0.39, 0.29) is 17.4 Å². The Hall–Kier alpha value is -1.84. The summed E-state index contributed by atoms with van der Waals surface area (Å²) in [6.07, 6.45) is 4.61. The zero-order valence-corrected chi connectivity index (χ0v) is 14.2. The van der Waals surface area contributed by atoms with Gasteiger partial charge in [-0.3, -0.25) is 9.59 Å². The lowest BCUT2D eigenvalue weighted by molar-refractivity contribution is -0.144. The molecule has 4 nitrogen and oxygen atoms in total. The van der Waals surface area contributed by atoms with Crippen LogP contribution in [0.3, 0.4) is 0 Å². The number of benzene rings is 1. The number of rotatable bonds is 2. The Bertz CT molecular complexity index is 592. The van der Waals surface area contributed by atoms with Crippen molar-refractivity contribution in [1.82, 2.24) is 9.80 Å². The van der Waals surface area contributed by atoms with Crippen LogP contribution in [0, 0.1) is 6.92 Å². The van der Waals surface area contributed by atoms with E-state index in [0.29, 0.717) is 13.0 Å². The Morgan fingerprint density at radius 1 is 1.17 bits per heavy atom. The number of carbonyl (C=O) groups excluding carboxylic acids is 2. The molecule has 4 heteroatoms. The van der Waals surface area contributed by atoms with E-state index in [1.807, 2.05) is 47.9 Å². The van der Waals surface area contributed by atoms with Gasteiger partial charge in [0.2, 0.25) is 5.91 Å². The van der Waals surface area contributed by atoms with Gasteiger partial charge in [0.05, 0.1) is 5.54 Å². The average molecular weight is 314 g/mol. The molecule has 124 valence electrons. The van der Waals surface area contributed by atoms with E-state index in [9.17, 15) is 9.59 Å². The number of piperidine rings is 2. The second-order valence-electron chi connectivity index (χ2n) is 6.91. The molecule has 23 heavy (non-hydrogen) atoms. The molecule has 1 spiro atoms. The molecular weight excluding hydrogens is 288 g/mol. The van der Waals surface area contributed by atoms with Crippen LogP contribution in [0.2, 0.25) is 0 Å². The van der Waals surface area contributed by atoms with Crippen molar-refractivity contribution in [3.63, 3.8) is 0 Å². The molecule has 2 heterocycles. The second-order valence-corrected chi connectivity index (χ2v) is 6.91. The van der Waals surface area contributed by atoms with Crippen molar-refractivity contribution in [3.05, 3.63) is 35.4 Å². The second kappa shape index (κ2) is 6.34. The predicted molar refractivity (Wildman–Crippen MR) is 90.3 cm³/mol. The van der Waals surface area contributed by atoms with Crippen LogP contribution in [-0.2, 0) is 4.79 Å². The topological polar surface area (TPSA) is 40.6 Å². The Morgan fingerprint density at radius 2 is 1.87 bits per heavy atom. The first kappa shape index (κ1) is 16.0. The molecule has 1 aromatic carbocycles. The molecule has 1 aromatic rings. The van der Waals surface area contributed by atoms with Gasteiger partial charge >= 0.3 is 0 Å². The van der Waals surface area contributed by atoms with Crippen LogP contribution in [0.15, 0.2) is 24.3 Å². The lowest BCUT2D eigenvalue weighted by Gasteiger charge is -2.52. The molecule has 2 aliphatic heterocycles. The third-order valence-corrected chi connectivity index (χ3v) is 5.36. The maximum atomic E-state index is 12.8. The monoisotopic (exact) mass is 314 g/mol. The van der Waals surface area contributed by atoms with Crippen LogP contribution < -0.4 is 0 Å². The van der Waals surface area contributed by atoms with Gasteiger partial charge in [-0.1, -0.05) is 17.7 Å². The molecule has 2 fully saturated rings. The highest BCUT2D eigenvalue weighted by molar-refractivity contribution is 5.94. The van der Waals surface area contributed by atoms with Gasteiger partial charge in [0.15, 0.2) is 0 Å². The summed E-state index contributed by atoms with van der Waals surface area (Å²) in [5, 5.41) is 0. The van der Waals surface area contributed by atoms with E-state index in [0.717, 1.165) is 49.9 Å². The largest absolute Gasteiger partial charge is 0.336 e. The first-order valence-electron chi connectivity index (χ1n) is 8.72. The molecule has 0 saturated carbocycles. The van der Waals surface area contributed by atoms with E-state index in [2.05, 4.69) is 0 Å². The molecule has 2 aliphatic rings. The van der Waals surface area contributed by atoms with Gasteiger partial charge in [-0.2, -0.15) is 0 Å². The van der Waals surface area contributed by atoms with E-state index in [4.69, 9.17) is 0 Å². The number of aryl methyl sites for hydroxylation is 1. The van der Waals surface area contributed by atoms with Crippen molar-refractivity contribution in [2.24, 2.45) is 0 Å². The van der Waals surface area contributed by atoms with Crippen molar-refractivity contribution in [2.75, 3.05) is 19.6 Å². The summed E-state index contributed by atoms with van der Waals surface area (Å²) in [5.41, 5.74) is 1.77. The van der Waals surface area contributed by atoms with Crippen molar-refractivity contribution >= 4 is 11.8 Å². The highest BCUT2D eigenvalue weighted by Crippen LogP contribution is 2.36. The molecule has 1 atom stereocenters. The Morgan fingerprint density at radius 3 is 2.57 bits per heavy atom. The minimum Gasteiger partial charge on any atom is -0.336 e. The minimum atomic E-state index is -0.136. The fourth-order valence-electron chi connectivity index (χ4n) is 4.20. The number of nitrogens with zero attached hydrogens (tertiary/aromatic N) is 2. The van der Waals surface area contributed by atoms with Crippen LogP contribution in [0.25, 0.3) is 0 Å². The Balaban J connectivity index is 1.81. The van der Waals surface area contributed by atoms with Gasteiger partial charge in [-0.25, -0.2) is 0 Å². The van der Waals surface area contributed by atoms with E-state index >= 15 is 0 Å². The van der Waals surface area contributed by atoms with Gasteiger partial charge in [-0.15, -0.1) is 0 Å². The lowest BCUT2D eigenvalue weighted by Crippen LogP contribution is -2.63. The summed E-state index contributed by atoms with van der Waals surface area (Å²) in [6, 6.07) is 7.77. The Kier molecular flexibility index (Phi) is 4.42. The number of likely N-dealkylation sites (tertiary alicyclic amines) is 2. The fraction of sp³-hybridized carbons (Fsp3) is 0.579. The highest BCUT2D eigenvalue weighted by atomic mass is 16.2. The third-order valence-electron chi connectivity index (χ3n) is 5.36. The molecule has 3 rings (SSSR count). The number of carbonyl (C=O) groups is 2. The molecule has 2 saturated heterocycles. The maximum absolute atomic E-state index is 12.8. The summed E-state index contributed by atoms with van der Waals surface area (Å²) in [6.45, 7) is 6.29. The van der Waals surface area contributed by atoms with Crippen LogP contribution in [0.5, 0.6) is 0 Å². The number of likely N-dealkylation sites (N-methyl/N-ethyl adjacent to an activating group) is 1. The smallest absolute Gasteiger partial charge is 0.253 e. The van der Waals surface area contributed by atoms with Gasteiger partial charge in [0.25, 0.3) is 5.91 Å². The van der Waals surface area contributed by atoms with Gasteiger partial charge in [0.1, 0.15) is 0 Å². The maximum Gasteiger partial charge on any atom is 0.253 e. The highest BCUT2D eigenvalue weighted by Gasteiger charge is 2.45. The normalized spacial score (nSPS) is 25.0. The van der Waals surface area contributed by atoms with Crippen molar-refractivity contribution in [1.29, 1.82) is 0 Å². The van der Waals surface area contributed by atoms with Crippen molar-refractivity contribution in [2.45, 2.75) is 51.5 Å². The molecule has 0 radical (unpaired) electrons. The molecule has 0 bridgehead atoms. The number of hydrogen-bond acceptors (Lipinski definition) is 2. The lowest BCUT2D eigenvalue weighted by atomic mass is 9.79. The molecule has 2 amide bonds. The van der Waals surface area contributed by atoms with Gasteiger partial charge < -0.3 is 9.80 Å². The number of hydrogen-bond donors (Lipinski definition) is 0. The molecule has 0 aromatic heterocycles. The SMILES string of the molecule is CCN1C(=O)CCC[C@]12CCCN(C(=O)c1ccc(C)cc1)C2. The minimum absolute atomic E-state index is 0.0955. The molecular formula is C19H26N2O2. The van der Waals surface area contributed by atoms with Gasteiger partial charge in [-0.05, 0) is 51.7 Å². The van der Waals surface area contributed by atoms with Crippen molar-refractivity contribution in [3.8, 4) is 0 Å². The van der Waals surface area contributed by atoms with E-state index in [1.54, 1.807) is 0 Å². The molecule has 0 unspecified atom stereocenters. The fourth-order valence-corrected chi connectivity index (χ4v) is 4.20. The summed E-state index contributed by atoms with van der Waals surface area (Å²) in [7, 11) is 0. The van der Waals surface area contributed by atoms with Crippen LogP contribution in [0.1, 0.15) is 54.9 Å². The zero-order chi connectivity index (χ0) is 16.4. The summed E-state index contributed by atoms with van der Waals surface area (Å²) in [4.78, 5) is 29.1. The van der Waals surface area contributed by atoms with Gasteiger partial charge in [0, 0.05) is 31.6 Å². The van der Waals surface area contributed by atoms with Crippen molar-refractivity contribution < 1.29 is 9.59 Å². The van der Waals surface area contributed by atoms with E-state index in [1.165, 1.54) is 0 Å². The number of amides is 2. The summed E-state index contributed by atoms with van der Waals surface area (Å²) in [5.74, 6) is 0.349. The zero-order valence-electron chi connectivity index (χ0n) is 14.2.